The summed E-state index contributed by atoms with van der Waals surface area (Å²) in [5.74, 6) is -5.31. The van der Waals surface area contributed by atoms with Gasteiger partial charge in [0.25, 0.3) is 0 Å². The van der Waals surface area contributed by atoms with Gasteiger partial charge in [0.2, 0.25) is 29.5 Å². The molecule has 0 saturated carbocycles. The summed E-state index contributed by atoms with van der Waals surface area (Å²) in [5.41, 5.74) is 8.63. The minimum absolute atomic E-state index is 0.00611. The number of amides is 6. The second-order valence-electron chi connectivity index (χ2n) is 16.0. The number of hydrogen-bond donors (Lipinski definition) is 9. The first-order chi connectivity index (χ1) is 30.1. The molecular weight excluding hydrogens is 809 g/mol. The van der Waals surface area contributed by atoms with Gasteiger partial charge in [0.05, 0.1) is 6.42 Å². The van der Waals surface area contributed by atoms with Crippen molar-refractivity contribution >= 4 is 69.5 Å². The topological polar surface area (TPSA) is 267 Å². The van der Waals surface area contributed by atoms with Crippen LogP contribution >= 0.6 is 0 Å². The lowest BCUT2D eigenvalue weighted by Gasteiger charge is -2.26. The first-order valence-corrected chi connectivity index (χ1v) is 20.6. The molecular formula is C46H54N8O9. The van der Waals surface area contributed by atoms with Gasteiger partial charge in [0.1, 0.15) is 29.8 Å². The molecule has 63 heavy (non-hydrogen) atoms. The molecule has 17 nitrogen and oxygen atoms in total. The number of carbonyl (C=O) groups excluding carboxylic acids is 6. The zero-order valence-electron chi connectivity index (χ0n) is 35.4. The highest BCUT2D eigenvalue weighted by molar-refractivity contribution is 5.98. The van der Waals surface area contributed by atoms with Crippen molar-refractivity contribution in [2.24, 2.45) is 5.73 Å². The van der Waals surface area contributed by atoms with Crippen molar-refractivity contribution in [2.45, 2.75) is 89.1 Å². The fourth-order valence-electron chi connectivity index (χ4n) is 6.86. The smallest absolute Gasteiger partial charge is 0.408 e. The van der Waals surface area contributed by atoms with E-state index in [0.29, 0.717) is 17.5 Å². The Labute approximate surface area is 364 Å². The second-order valence-corrected chi connectivity index (χ2v) is 16.0. The summed E-state index contributed by atoms with van der Waals surface area (Å²) in [6.07, 6.45) is 5.47. The van der Waals surface area contributed by atoms with Crippen molar-refractivity contribution in [3.63, 3.8) is 0 Å². The largest absolute Gasteiger partial charge is 0.481 e. The molecule has 5 rings (SSSR count). The van der Waals surface area contributed by atoms with Crippen LogP contribution in [0.15, 0.2) is 97.3 Å². The van der Waals surface area contributed by atoms with Crippen molar-refractivity contribution in [3.05, 3.63) is 114 Å². The predicted octanol–water partition coefficient (Wildman–Crippen LogP) is 3.74. The van der Waals surface area contributed by atoms with Gasteiger partial charge in [0.15, 0.2) is 0 Å². The van der Waals surface area contributed by atoms with E-state index in [0.717, 1.165) is 27.4 Å². The number of para-hydroxylation sites is 2. The summed E-state index contributed by atoms with van der Waals surface area (Å²) in [6.45, 7) is 5.21. The highest BCUT2D eigenvalue weighted by atomic mass is 16.6. The first kappa shape index (κ1) is 46.6. The Bertz CT molecular complexity index is 2440. The van der Waals surface area contributed by atoms with Gasteiger partial charge in [0, 0.05) is 59.7 Å². The Hall–Kier alpha value is -7.43. The SMILES string of the molecule is CC(C)(C)OC(=O)N[C@@H](Cc1c[nH]c2ccccc12)C(=O)N[C@@H](CCCCNC(=O)/C=C/c1c[nH]c2ccccc12)C(=O)N[C@@H](CC(=O)O)C(=O)N[C@@H](Cc1ccccc1)C(N)=O. The molecule has 332 valence electrons. The summed E-state index contributed by atoms with van der Waals surface area (Å²) in [4.78, 5) is 98.2. The van der Waals surface area contributed by atoms with Crippen LogP contribution in [-0.4, -0.2) is 93.0 Å². The molecule has 3 aromatic carbocycles. The number of unbranched alkanes of at least 4 members (excludes halogenated alkanes) is 1. The summed E-state index contributed by atoms with van der Waals surface area (Å²) in [7, 11) is 0. The van der Waals surface area contributed by atoms with Gasteiger partial charge in [-0.1, -0.05) is 66.7 Å². The number of rotatable bonds is 21. The Balaban J connectivity index is 1.32. The van der Waals surface area contributed by atoms with Gasteiger partial charge < -0.3 is 52.1 Å². The van der Waals surface area contributed by atoms with E-state index < -0.39 is 71.9 Å². The van der Waals surface area contributed by atoms with Crippen LogP contribution in [0.2, 0.25) is 0 Å². The predicted molar refractivity (Wildman–Crippen MR) is 237 cm³/mol. The van der Waals surface area contributed by atoms with Gasteiger partial charge in [-0.05, 0) is 74.9 Å². The standard InChI is InChI=1S/C46H54N8O9/c1-46(2,3)63-45(62)54-37(24-30-27-50-34-18-10-8-16-32(30)34)43(60)51-35(19-11-12-22-48-39(55)21-20-29-26-49-33-17-9-7-15-31(29)33)42(59)53-38(25-40(56)57)44(61)52-36(41(47)58)23-28-13-5-4-6-14-28/h4-10,13-18,20-21,26-27,35-38,49-50H,11-12,19,22-25H2,1-3H3,(H2,47,58)(H,48,55)(H,51,60)(H,52,61)(H,53,59)(H,54,62)(H,56,57)/b21-20+/t35-,36-,37-,38-/m0/s1. The molecule has 6 amide bonds. The number of benzene rings is 3. The molecule has 0 radical (unpaired) electrons. The van der Waals surface area contributed by atoms with Crippen molar-refractivity contribution in [3.8, 4) is 0 Å². The van der Waals surface area contributed by atoms with Gasteiger partial charge in [-0.2, -0.15) is 0 Å². The molecule has 10 N–H and O–H groups in total. The summed E-state index contributed by atoms with van der Waals surface area (Å²) in [5, 5.41) is 24.5. The molecule has 0 fully saturated rings. The molecule has 5 aromatic rings. The third-order valence-electron chi connectivity index (χ3n) is 9.95. The van der Waals surface area contributed by atoms with Gasteiger partial charge in [-0.15, -0.1) is 0 Å². The maximum atomic E-state index is 14.2. The number of alkyl carbamates (subject to hydrolysis) is 1. The lowest BCUT2D eigenvalue weighted by molar-refractivity contribution is -0.141. The van der Waals surface area contributed by atoms with E-state index in [4.69, 9.17) is 10.5 Å². The highest BCUT2D eigenvalue weighted by Crippen LogP contribution is 2.21. The van der Waals surface area contributed by atoms with Crippen molar-refractivity contribution in [1.82, 2.24) is 36.6 Å². The Morgan fingerprint density at radius 2 is 1.29 bits per heavy atom. The minimum Gasteiger partial charge on any atom is -0.481 e. The monoisotopic (exact) mass is 862 g/mol. The fourth-order valence-corrected chi connectivity index (χ4v) is 6.86. The number of fused-ring (bicyclic) bond motifs is 2. The Morgan fingerprint density at radius 3 is 1.97 bits per heavy atom. The zero-order chi connectivity index (χ0) is 45.5. The normalized spacial score (nSPS) is 13.4. The molecule has 0 spiro atoms. The lowest BCUT2D eigenvalue weighted by atomic mass is 10.0. The molecule has 0 aliphatic heterocycles. The van der Waals surface area contributed by atoms with Gasteiger partial charge in [-0.3, -0.25) is 28.8 Å². The van der Waals surface area contributed by atoms with E-state index in [-0.39, 0.29) is 38.1 Å². The first-order valence-electron chi connectivity index (χ1n) is 20.6. The summed E-state index contributed by atoms with van der Waals surface area (Å²) >= 11 is 0. The van der Waals surface area contributed by atoms with Crippen molar-refractivity contribution in [1.29, 1.82) is 0 Å². The van der Waals surface area contributed by atoms with Crippen LogP contribution in [0.4, 0.5) is 4.79 Å². The number of aromatic nitrogens is 2. The number of ether oxygens (including phenoxy) is 1. The average molecular weight is 863 g/mol. The maximum Gasteiger partial charge on any atom is 0.408 e. The molecule has 17 heteroatoms. The number of primary amides is 1. The van der Waals surface area contributed by atoms with Crippen LogP contribution < -0.4 is 32.3 Å². The number of carboxylic acid groups (broad SMARTS) is 1. The van der Waals surface area contributed by atoms with Crippen LogP contribution in [0.25, 0.3) is 27.9 Å². The number of nitrogens with one attached hydrogen (secondary N) is 7. The molecule has 2 heterocycles. The number of nitrogens with two attached hydrogens (primary N) is 1. The fraction of sp³-hybridized carbons (Fsp3) is 0.326. The maximum absolute atomic E-state index is 14.2. The minimum atomic E-state index is -1.68. The van der Waals surface area contributed by atoms with Crippen LogP contribution in [0.5, 0.6) is 0 Å². The van der Waals surface area contributed by atoms with E-state index in [1.165, 1.54) is 6.08 Å². The van der Waals surface area contributed by atoms with Crippen LogP contribution in [-0.2, 0) is 46.3 Å². The Kier molecular flexibility index (Phi) is 16.2. The number of carboxylic acids is 1. The number of aromatic amines is 2. The van der Waals surface area contributed by atoms with Crippen LogP contribution in [0.1, 0.15) is 63.1 Å². The molecule has 0 aliphatic rings. The third kappa shape index (κ3) is 14.3. The number of aliphatic carboxylic acids is 1. The molecule has 0 saturated heterocycles. The molecule has 2 aromatic heterocycles. The van der Waals surface area contributed by atoms with E-state index >= 15 is 0 Å². The summed E-state index contributed by atoms with van der Waals surface area (Å²) < 4.78 is 5.46. The van der Waals surface area contributed by atoms with Gasteiger partial charge in [-0.25, -0.2) is 4.79 Å². The van der Waals surface area contributed by atoms with E-state index in [1.807, 2.05) is 48.5 Å². The van der Waals surface area contributed by atoms with E-state index in [9.17, 15) is 38.7 Å². The van der Waals surface area contributed by atoms with Gasteiger partial charge >= 0.3 is 12.1 Å². The van der Waals surface area contributed by atoms with Crippen LogP contribution in [0, 0.1) is 0 Å². The zero-order valence-corrected chi connectivity index (χ0v) is 35.4. The molecule has 0 bridgehead atoms. The number of carbonyl (C=O) groups is 7. The number of H-pyrrole nitrogens is 2. The van der Waals surface area contributed by atoms with E-state index in [1.54, 1.807) is 69.6 Å². The molecule has 4 atom stereocenters. The van der Waals surface area contributed by atoms with Crippen LogP contribution in [0.3, 0.4) is 0 Å². The van der Waals surface area contributed by atoms with Crippen molar-refractivity contribution in [2.75, 3.05) is 6.54 Å². The molecule has 0 aliphatic carbocycles. The number of hydrogen-bond acceptors (Lipinski definition) is 8. The lowest BCUT2D eigenvalue weighted by Crippen LogP contribution is -2.59. The third-order valence-corrected chi connectivity index (χ3v) is 9.95. The summed E-state index contributed by atoms with van der Waals surface area (Å²) in [6, 6.07) is 18.2. The highest BCUT2D eigenvalue weighted by Gasteiger charge is 2.33. The quantitative estimate of drug-likeness (QED) is 0.0384. The molecule has 0 unspecified atom stereocenters. The average Bonchev–Trinajstić information content (AvgIpc) is 3.85. The second kappa shape index (κ2) is 21.9. The van der Waals surface area contributed by atoms with Crippen molar-refractivity contribution < 1.29 is 43.4 Å². The van der Waals surface area contributed by atoms with E-state index in [2.05, 4.69) is 36.6 Å². The Morgan fingerprint density at radius 1 is 0.698 bits per heavy atom.